The van der Waals surface area contributed by atoms with Crippen LogP contribution in [0.25, 0.3) is 0 Å². The van der Waals surface area contributed by atoms with Crippen molar-refractivity contribution in [2.75, 3.05) is 18.6 Å². The number of nitrogens with one attached hydrogen (secondary N) is 1. The van der Waals surface area contributed by atoms with E-state index < -0.39 is 15.6 Å². The smallest absolute Gasteiger partial charge is 0.240 e. The van der Waals surface area contributed by atoms with Gasteiger partial charge in [0.2, 0.25) is 10.0 Å². The quantitative estimate of drug-likeness (QED) is 0.832. The van der Waals surface area contributed by atoms with Crippen LogP contribution in [-0.2, 0) is 10.0 Å². The molecule has 108 valence electrons. The van der Waals surface area contributed by atoms with Crippen LogP contribution in [0, 0.1) is 0 Å². The molecule has 0 bridgehead atoms. The molecule has 1 rings (SSSR count). The minimum absolute atomic E-state index is 0.0156. The molecule has 0 spiro atoms. The van der Waals surface area contributed by atoms with E-state index in [1.807, 2.05) is 6.26 Å². The standard InChI is InChI=1S/C11H15Cl2NO3S2/c1-11(15,7-18-2)6-14-19(16,17)8-3-4-9(12)10(13)5-8/h3-5,14-15H,6-7H2,1-2H3. The third-order valence-corrected chi connectivity index (χ3v) is 5.35. The monoisotopic (exact) mass is 343 g/mol. The van der Waals surface area contributed by atoms with Gasteiger partial charge in [0.05, 0.1) is 20.5 Å². The molecule has 4 nitrogen and oxygen atoms in total. The topological polar surface area (TPSA) is 66.4 Å². The van der Waals surface area contributed by atoms with Gasteiger partial charge in [-0.15, -0.1) is 0 Å². The first kappa shape index (κ1) is 17.1. The highest BCUT2D eigenvalue weighted by Crippen LogP contribution is 2.24. The van der Waals surface area contributed by atoms with Crippen molar-refractivity contribution in [3.8, 4) is 0 Å². The Hall–Kier alpha value is 0.0200. The Morgan fingerprint density at radius 2 is 2.00 bits per heavy atom. The highest BCUT2D eigenvalue weighted by molar-refractivity contribution is 7.98. The summed E-state index contributed by atoms with van der Waals surface area (Å²) in [6.07, 6.45) is 1.84. The van der Waals surface area contributed by atoms with Gasteiger partial charge in [0.1, 0.15) is 0 Å². The fourth-order valence-corrected chi connectivity index (χ4v) is 3.61. The normalized spacial score (nSPS) is 15.2. The number of aliphatic hydroxyl groups is 1. The zero-order valence-electron chi connectivity index (χ0n) is 10.5. The predicted molar refractivity (Wildman–Crippen MR) is 80.7 cm³/mol. The lowest BCUT2D eigenvalue weighted by molar-refractivity contribution is 0.0908. The Morgan fingerprint density at radius 3 is 2.53 bits per heavy atom. The molecular weight excluding hydrogens is 329 g/mol. The molecular formula is C11H15Cl2NO3S2. The van der Waals surface area contributed by atoms with Gasteiger partial charge in [0, 0.05) is 12.3 Å². The van der Waals surface area contributed by atoms with Crippen molar-refractivity contribution >= 4 is 45.0 Å². The van der Waals surface area contributed by atoms with Crippen molar-refractivity contribution in [1.82, 2.24) is 4.72 Å². The first-order valence-corrected chi connectivity index (χ1v) is 8.97. The third-order valence-electron chi connectivity index (χ3n) is 2.30. The molecule has 19 heavy (non-hydrogen) atoms. The van der Waals surface area contributed by atoms with E-state index in [0.717, 1.165) is 0 Å². The van der Waals surface area contributed by atoms with Crippen LogP contribution in [0.3, 0.4) is 0 Å². The highest BCUT2D eigenvalue weighted by atomic mass is 35.5. The van der Waals surface area contributed by atoms with Gasteiger partial charge in [-0.2, -0.15) is 11.8 Å². The fraction of sp³-hybridized carbons (Fsp3) is 0.455. The number of sulfonamides is 1. The summed E-state index contributed by atoms with van der Waals surface area (Å²) < 4.78 is 26.4. The maximum atomic E-state index is 12.0. The van der Waals surface area contributed by atoms with Crippen LogP contribution in [0.2, 0.25) is 10.0 Å². The van der Waals surface area contributed by atoms with Crippen LogP contribution < -0.4 is 4.72 Å². The molecule has 0 amide bonds. The maximum absolute atomic E-state index is 12.0. The van der Waals surface area contributed by atoms with Gasteiger partial charge >= 0.3 is 0 Å². The molecule has 0 saturated carbocycles. The van der Waals surface area contributed by atoms with Gasteiger partial charge in [-0.1, -0.05) is 23.2 Å². The minimum Gasteiger partial charge on any atom is -0.388 e. The molecule has 0 saturated heterocycles. The molecule has 1 aromatic carbocycles. The Kier molecular flexibility index (Phi) is 5.97. The predicted octanol–water partition coefficient (Wildman–Crippen LogP) is 2.39. The average Bonchev–Trinajstić information content (AvgIpc) is 2.30. The van der Waals surface area contributed by atoms with E-state index in [9.17, 15) is 13.5 Å². The summed E-state index contributed by atoms with van der Waals surface area (Å²) in [6, 6.07) is 4.05. The highest BCUT2D eigenvalue weighted by Gasteiger charge is 2.24. The third kappa shape index (κ3) is 5.13. The summed E-state index contributed by atoms with van der Waals surface area (Å²) in [5.41, 5.74) is -1.11. The molecule has 0 fully saturated rings. The number of halogens is 2. The largest absolute Gasteiger partial charge is 0.388 e. The molecule has 0 aliphatic heterocycles. The molecule has 0 aromatic heterocycles. The number of thioether (sulfide) groups is 1. The lowest BCUT2D eigenvalue weighted by Crippen LogP contribution is -2.42. The number of hydrogen-bond donors (Lipinski definition) is 2. The Balaban J connectivity index is 2.84. The summed E-state index contributed by atoms with van der Waals surface area (Å²) in [5, 5.41) is 10.4. The summed E-state index contributed by atoms with van der Waals surface area (Å²) in [5.74, 6) is 0.427. The lowest BCUT2D eigenvalue weighted by atomic mass is 10.1. The fourth-order valence-electron chi connectivity index (χ4n) is 1.34. The van der Waals surface area contributed by atoms with E-state index in [4.69, 9.17) is 23.2 Å². The zero-order valence-corrected chi connectivity index (χ0v) is 13.6. The summed E-state index contributed by atoms with van der Waals surface area (Å²) >= 11 is 13.0. The van der Waals surface area contributed by atoms with E-state index >= 15 is 0 Å². The number of benzene rings is 1. The van der Waals surface area contributed by atoms with Gasteiger partial charge in [-0.3, -0.25) is 0 Å². The van der Waals surface area contributed by atoms with E-state index in [1.54, 1.807) is 6.92 Å². The molecule has 1 unspecified atom stereocenters. The Labute approximate surface area is 127 Å². The second-order valence-electron chi connectivity index (χ2n) is 4.33. The van der Waals surface area contributed by atoms with Crippen molar-refractivity contribution in [1.29, 1.82) is 0 Å². The van der Waals surface area contributed by atoms with Crippen LogP contribution in [0.15, 0.2) is 23.1 Å². The van der Waals surface area contributed by atoms with Crippen molar-refractivity contribution in [3.63, 3.8) is 0 Å². The molecule has 8 heteroatoms. The van der Waals surface area contributed by atoms with E-state index in [1.165, 1.54) is 30.0 Å². The SMILES string of the molecule is CSCC(C)(O)CNS(=O)(=O)c1ccc(Cl)c(Cl)c1. The van der Waals surface area contributed by atoms with Gasteiger partial charge < -0.3 is 5.11 Å². The van der Waals surface area contributed by atoms with Crippen LogP contribution in [0.1, 0.15) is 6.92 Å². The van der Waals surface area contributed by atoms with Gasteiger partial charge in [-0.25, -0.2) is 13.1 Å². The molecule has 1 aromatic rings. The molecule has 1 atom stereocenters. The van der Waals surface area contributed by atoms with Crippen molar-refractivity contribution in [2.45, 2.75) is 17.4 Å². The second kappa shape index (κ2) is 6.65. The van der Waals surface area contributed by atoms with E-state index in [2.05, 4.69) is 4.72 Å². The summed E-state index contributed by atoms with van der Waals surface area (Å²) in [7, 11) is -3.71. The average molecular weight is 344 g/mol. The lowest BCUT2D eigenvalue weighted by Gasteiger charge is -2.22. The molecule has 0 heterocycles. The maximum Gasteiger partial charge on any atom is 0.240 e. The van der Waals surface area contributed by atoms with Crippen molar-refractivity contribution < 1.29 is 13.5 Å². The van der Waals surface area contributed by atoms with Gasteiger partial charge in [0.15, 0.2) is 0 Å². The van der Waals surface area contributed by atoms with Crippen molar-refractivity contribution in [2.24, 2.45) is 0 Å². The Bertz CT molecular complexity index is 547. The second-order valence-corrected chi connectivity index (χ2v) is 7.78. The Morgan fingerprint density at radius 1 is 1.37 bits per heavy atom. The number of hydrogen-bond acceptors (Lipinski definition) is 4. The zero-order chi connectivity index (χ0) is 14.7. The van der Waals surface area contributed by atoms with Crippen LogP contribution in [0.5, 0.6) is 0 Å². The van der Waals surface area contributed by atoms with Gasteiger partial charge in [-0.05, 0) is 31.4 Å². The molecule has 0 radical (unpaired) electrons. The van der Waals surface area contributed by atoms with Crippen molar-refractivity contribution in [3.05, 3.63) is 28.2 Å². The van der Waals surface area contributed by atoms with Crippen LogP contribution in [-0.4, -0.2) is 37.7 Å². The molecule has 0 aliphatic rings. The summed E-state index contributed by atoms with van der Waals surface area (Å²) in [6.45, 7) is 1.50. The molecule has 2 N–H and O–H groups in total. The van der Waals surface area contributed by atoms with Crippen LogP contribution in [0.4, 0.5) is 0 Å². The van der Waals surface area contributed by atoms with Crippen LogP contribution >= 0.6 is 35.0 Å². The first-order chi connectivity index (χ1) is 8.68. The van der Waals surface area contributed by atoms with Gasteiger partial charge in [0.25, 0.3) is 0 Å². The number of rotatable bonds is 6. The van der Waals surface area contributed by atoms with E-state index in [0.29, 0.717) is 5.75 Å². The molecule has 0 aliphatic carbocycles. The summed E-state index contributed by atoms with van der Waals surface area (Å²) in [4.78, 5) is 0.0156. The minimum atomic E-state index is -3.71. The van der Waals surface area contributed by atoms with E-state index in [-0.39, 0.29) is 21.5 Å². The first-order valence-electron chi connectivity index (χ1n) is 5.34.